The van der Waals surface area contributed by atoms with E-state index in [2.05, 4.69) is 64.1 Å². The van der Waals surface area contributed by atoms with Gasteiger partial charge in [0.1, 0.15) is 0 Å². The van der Waals surface area contributed by atoms with Crippen molar-refractivity contribution < 1.29 is 0 Å². The minimum atomic E-state index is 0.0496. The van der Waals surface area contributed by atoms with Gasteiger partial charge < -0.3 is 0 Å². The molecule has 112 valence electrons. The van der Waals surface area contributed by atoms with Crippen molar-refractivity contribution in [2.24, 2.45) is 0 Å². The Kier molecular flexibility index (Phi) is 5.47. The van der Waals surface area contributed by atoms with Crippen LogP contribution in [-0.2, 0) is 19.3 Å². The summed E-state index contributed by atoms with van der Waals surface area (Å²) < 4.78 is 0. The van der Waals surface area contributed by atoms with Crippen LogP contribution in [0.3, 0.4) is 0 Å². The van der Waals surface area contributed by atoms with E-state index in [1.54, 1.807) is 0 Å². The molecule has 0 aliphatic rings. The van der Waals surface area contributed by atoms with Crippen molar-refractivity contribution in [3.05, 3.63) is 69.8 Å². The van der Waals surface area contributed by atoms with Crippen molar-refractivity contribution in [1.29, 1.82) is 0 Å². The van der Waals surface area contributed by atoms with Crippen LogP contribution in [0, 0.1) is 13.8 Å². The van der Waals surface area contributed by atoms with Gasteiger partial charge in [0.15, 0.2) is 0 Å². The van der Waals surface area contributed by atoms with E-state index in [0.29, 0.717) is 0 Å². The van der Waals surface area contributed by atoms with E-state index in [-0.39, 0.29) is 5.38 Å². The molecule has 0 fully saturated rings. The number of halogens is 1. The molecule has 0 nitrogen and oxygen atoms in total. The molecule has 0 N–H and O–H groups in total. The van der Waals surface area contributed by atoms with Crippen LogP contribution in [0.4, 0.5) is 0 Å². The van der Waals surface area contributed by atoms with Gasteiger partial charge in [-0.2, -0.15) is 0 Å². The van der Waals surface area contributed by atoms with Crippen LogP contribution in [0.2, 0.25) is 0 Å². The molecule has 0 aromatic heterocycles. The van der Waals surface area contributed by atoms with Gasteiger partial charge in [-0.3, -0.25) is 0 Å². The third-order valence-corrected chi connectivity index (χ3v) is 4.71. The van der Waals surface area contributed by atoms with Crippen LogP contribution in [0.25, 0.3) is 0 Å². The lowest BCUT2D eigenvalue weighted by atomic mass is 9.94. The Balaban J connectivity index is 2.26. The van der Waals surface area contributed by atoms with Crippen LogP contribution in [0.15, 0.2) is 36.4 Å². The van der Waals surface area contributed by atoms with Crippen molar-refractivity contribution >= 4 is 11.6 Å². The summed E-state index contributed by atoms with van der Waals surface area (Å²) in [6.45, 7) is 8.70. The lowest BCUT2D eigenvalue weighted by molar-refractivity contribution is 0.888. The molecule has 2 aromatic carbocycles. The molecule has 1 heteroatoms. The van der Waals surface area contributed by atoms with Gasteiger partial charge in [0.05, 0.1) is 5.38 Å². The lowest BCUT2D eigenvalue weighted by Gasteiger charge is -2.16. The fourth-order valence-electron chi connectivity index (χ4n) is 2.73. The maximum absolute atomic E-state index is 6.75. The monoisotopic (exact) mass is 300 g/mol. The maximum Gasteiger partial charge on any atom is 0.0628 e. The van der Waals surface area contributed by atoms with Crippen molar-refractivity contribution in [2.75, 3.05) is 0 Å². The average molecular weight is 301 g/mol. The predicted octanol–water partition coefficient (Wildman–Crippen LogP) is 5.95. The number of alkyl halides is 1. The molecule has 2 rings (SSSR count). The second-order valence-electron chi connectivity index (χ2n) is 5.83. The first-order valence-corrected chi connectivity index (χ1v) is 8.30. The van der Waals surface area contributed by atoms with E-state index in [9.17, 15) is 0 Å². The molecular formula is C20H25Cl. The van der Waals surface area contributed by atoms with Crippen LogP contribution in [-0.4, -0.2) is 0 Å². The zero-order chi connectivity index (χ0) is 15.4. The van der Waals surface area contributed by atoms with E-state index in [4.69, 9.17) is 11.6 Å². The second kappa shape index (κ2) is 7.13. The van der Waals surface area contributed by atoms with Crippen molar-refractivity contribution in [3.8, 4) is 0 Å². The average Bonchev–Trinajstić information content (AvgIpc) is 2.50. The third kappa shape index (κ3) is 3.89. The van der Waals surface area contributed by atoms with Crippen molar-refractivity contribution in [1.82, 2.24) is 0 Å². The quantitative estimate of drug-likeness (QED) is 0.598. The summed E-state index contributed by atoms with van der Waals surface area (Å²) in [5.74, 6) is 0. The Hall–Kier alpha value is -1.27. The van der Waals surface area contributed by atoms with Gasteiger partial charge in [-0.25, -0.2) is 0 Å². The summed E-state index contributed by atoms with van der Waals surface area (Å²) in [6, 6.07) is 13.4. The molecule has 0 bridgehead atoms. The predicted molar refractivity (Wildman–Crippen MR) is 93.4 cm³/mol. The maximum atomic E-state index is 6.75. The summed E-state index contributed by atoms with van der Waals surface area (Å²) >= 11 is 6.75. The van der Waals surface area contributed by atoms with E-state index in [1.165, 1.54) is 33.4 Å². The Morgan fingerprint density at radius 1 is 0.857 bits per heavy atom. The van der Waals surface area contributed by atoms with Gasteiger partial charge in [0, 0.05) is 0 Å². The molecule has 0 heterocycles. The van der Waals surface area contributed by atoms with E-state index in [0.717, 1.165) is 19.3 Å². The van der Waals surface area contributed by atoms with Gasteiger partial charge >= 0.3 is 0 Å². The fraction of sp³-hybridized carbons (Fsp3) is 0.400. The first kappa shape index (κ1) is 16.1. The highest BCUT2D eigenvalue weighted by atomic mass is 35.5. The van der Waals surface area contributed by atoms with Gasteiger partial charge in [-0.05, 0) is 66.5 Å². The molecule has 0 spiro atoms. The summed E-state index contributed by atoms with van der Waals surface area (Å²) in [7, 11) is 0. The van der Waals surface area contributed by atoms with Crippen LogP contribution in [0.5, 0.6) is 0 Å². The zero-order valence-corrected chi connectivity index (χ0v) is 14.3. The van der Waals surface area contributed by atoms with E-state index >= 15 is 0 Å². The molecular weight excluding hydrogens is 276 g/mol. The Morgan fingerprint density at radius 3 is 2.19 bits per heavy atom. The SMILES string of the molecule is CCc1ccc(CC)c(C(Cl)Cc2ccc(C)c(C)c2)c1. The third-order valence-electron chi connectivity index (χ3n) is 4.32. The highest BCUT2D eigenvalue weighted by molar-refractivity contribution is 6.21. The molecule has 2 aromatic rings. The number of aryl methyl sites for hydroxylation is 4. The first-order chi connectivity index (χ1) is 10.0. The first-order valence-electron chi connectivity index (χ1n) is 7.87. The summed E-state index contributed by atoms with van der Waals surface area (Å²) in [6.07, 6.45) is 2.99. The van der Waals surface area contributed by atoms with Gasteiger partial charge in [0.25, 0.3) is 0 Å². The number of hydrogen-bond donors (Lipinski definition) is 0. The van der Waals surface area contributed by atoms with E-state index < -0.39 is 0 Å². The molecule has 0 saturated heterocycles. The molecule has 0 aliphatic carbocycles. The smallest absolute Gasteiger partial charge is 0.0628 e. The fourth-order valence-corrected chi connectivity index (χ4v) is 3.11. The number of hydrogen-bond acceptors (Lipinski definition) is 0. The highest BCUT2D eigenvalue weighted by Gasteiger charge is 2.13. The molecule has 0 amide bonds. The van der Waals surface area contributed by atoms with Crippen molar-refractivity contribution in [3.63, 3.8) is 0 Å². The Morgan fingerprint density at radius 2 is 1.57 bits per heavy atom. The largest absolute Gasteiger partial charge is 0.117 e. The molecule has 1 unspecified atom stereocenters. The van der Waals surface area contributed by atoms with Crippen LogP contribution >= 0.6 is 11.6 Å². The Bertz CT molecular complexity index is 613. The molecule has 0 radical (unpaired) electrons. The van der Waals surface area contributed by atoms with Crippen LogP contribution in [0.1, 0.15) is 52.6 Å². The topological polar surface area (TPSA) is 0 Å². The summed E-state index contributed by atoms with van der Waals surface area (Å²) in [5, 5.41) is 0.0496. The minimum absolute atomic E-state index is 0.0496. The van der Waals surface area contributed by atoms with Gasteiger partial charge in [-0.15, -0.1) is 11.6 Å². The van der Waals surface area contributed by atoms with Crippen molar-refractivity contribution in [2.45, 2.75) is 52.3 Å². The molecule has 1 atom stereocenters. The molecule has 21 heavy (non-hydrogen) atoms. The summed E-state index contributed by atoms with van der Waals surface area (Å²) in [4.78, 5) is 0. The highest BCUT2D eigenvalue weighted by Crippen LogP contribution is 2.30. The van der Waals surface area contributed by atoms with Crippen LogP contribution < -0.4 is 0 Å². The van der Waals surface area contributed by atoms with E-state index in [1.807, 2.05) is 0 Å². The lowest BCUT2D eigenvalue weighted by Crippen LogP contribution is -2.02. The number of benzene rings is 2. The minimum Gasteiger partial charge on any atom is -0.117 e. The zero-order valence-electron chi connectivity index (χ0n) is 13.5. The molecule has 0 saturated carbocycles. The standard InChI is InChI=1S/C20H25Cl/c1-5-16-9-10-18(6-2)19(12-16)20(21)13-17-8-7-14(3)15(4)11-17/h7-12,20H,5-6,13H2,1-4H3. The second-order valence-corrected chi connectivity index (χ2v) is 6.36. The Labute approximate surface area is 134 Å². The van der Waals surface area contributed by atoms with Gasteiger partial charge in [0.2, 0.25) is 0 Å². The van der Waals surface area contributed by atoms with Gasteiger partial charge in [-0.1, -0.05) is 50.2 Å². The normalized spacial score (nSPS) is 12.4. The molecule has 0 aliphatic heterocycles. The summed E-state index contributed by atoms with van der Waals surface area (Å²) in [5.41, 5.74) is 8.05. The number of rotatable bonds is 5.